The fourth-order valence-electron chi connectivity index (χ4n) is 3.57. The molecule has 4 rings (SSSR count). The summed E-state index contributed by atoms with van der Waals surface area (Å²) < 4.78 is 17.4. The van der Waals surface area contributed by atoms with Crippen molar-refractivity contribution in [1.82, 2.24) is 14.9 Å². The normalized spacial score (nSPS) is 14.5. The average molecular weight is 485 g/mol. The van der Waals surface area contributed by atoms with Crippen molar-refractivity contribution in [2.75, 3.05) is 38.2 Å². The number of fused-ring (bicyclic) bond motifs is 1. The molecule has 0 spiro atoms. The van der Waals surface area contributed by atoms with Crippen molar-refractivity contribution >= 4 is 33.3 Å². The SMILES string of the molecule is CC(C)Nc1nc(-c2cc(OC(C)(C)C)c3ccc(OCC(=O)N4CCOCC4)cc3n2)cs1. The molecule has 182 valence electrons. The number of carbonyl (C=O) groups is 1. The molecule has 8 nitrogen and oxygen atoms in total. The van der Waals surface area contributed by atoms with Crippen molar-refractivity contribution in [2.45, 2.75) is 46.3 Å². The van der Waals surface area contributed by atoms with Crippen LogP contribution >= 0.6 is 11.3 Å². The fraction of sp³-hybridized carbons (Fsp3) is 0.480. The molecule has 1 fully saturated rings. The number of nitrogens with one attached hydrogen (secondary N) is 1. The molecule has 9 heteroatoms. The first-order valence-corrected chi connectivity index (χ1v) is 12.4. The van der Waals surface area contributed by atoms with E-state index in [0.29, 0.717) is 38.1 Å². The number of ether oxygens (including phenoxy) is 3. The Morgan fingerprint density at radius 1 is 1.18 bits per heavy atom. The average Bonchev–Trinajstić information content (AvgIpc) is 3.24. The van der Waals surface area contributed by atoms with Gasteiger partial charge in [-0.25, -0.2) is 9.97 Å². The van der Waals surface area contributed by atoms with Crippen LogP contribution in [-0.2, 0) is 9.53 Å². The van der Waals surface area contributed by atoms with E-state index in [9.17, 15) is 4.79 Å². The first kappa shape index (κ1) is 24.2. The minimum atomic E-state index is -0.377. The van der Waals surface area contributed by atoms with E-state index in [0.717, 1.165) is 33.2 Å². The van der Waals surface area contributed by atoms with Crippen molar-refractivity contribution in [3.05, 3.63) is 29.6 Å². The predicted molar refractivity (Wildman–Crippen MR) is 135 cm³/mol. The summed E-state index contributed by atoms with van der Waals surface area (Å²) in [5.41, 5.74) is 1.85. The molecule has 0 radical (unpaired) electrons. The van der Waals surface area contributed by atoms with Gasteiger partial charge >= 0.3 is 0 Å². The van der Waals surface area contributed by atoms with Crippen LogP contribution in [0.2, 0.25) is 0 Å². The van der Waals surface area contributed by atoms with Crippen LogP contribution in [0.5, 0.6) is 11.5 Å². The second kappa shape index (κ2) is 10.1. The summed E-state index contributed by atoms with van der Waals surface area (Å²) in [6, 6.07) is 7.85. The number of aromatic nitrogens is 2. The second-order valence-electron chi connectivity index (χ2n) is 9.52. The highest BCUT2D eigenvalue weighted by Crippen LogP contribution is 2.35. The molecule has 34 heavy (non-hydrogen) atoms. The Morgan fingerprint density at radius 2 is 1.94 bits per heavy atom. The molecule has 0 unspecified atom stereocenters. The summed E-state index contributed by atoms with van der Waals surface area (Å²) in [7, 11) is 0. The van der Waals surface area contributed by atoms with Crippen LogP contribution in [0.3, 0.4) is 0 Å². The highest BCUT2D eigenvalue weighted by atomic mass is 32.1. The first-order chi connectivity index (χ1) is 16.2. The Morgan fingerprint density at radius 3 is 2.65 bits per heavy atom. The Balaban J connectivity index is 1.62. The molecule has 0 aliphatic carbocycles. The van der Waals surface area contributed by atoms with Gasteiger partial charge < -0.3 is 24.4 Å². The van der Waals surface area contributed by atoms with Gasteiger partial charge in [-0.1, -0.05) is 0 Å². The van der Waals surface area contributed by atoms with Gasteiger partial charge in [0, 0.05) is 42.0 Å². The lowest BCUT2D eigenvalue weighted by Crippen LogP contribution is -2.42. The standard InChI is InChI=1S/C25H32N4O4S/c1-16(2)26-24-28-21(15-34-24)20-13-22(33-25(3,4)5)18-7-6-17(12-19(18)27-20)32-14-23(30)29-8-10-31-11-9-29/h6-7,12-13,15-16H,8-11,14H2,1-5H3,(H,26,28). The zero-order valence-corrected chi connectivity index (χ0v) is 21.2. The van der Waals surface area contributed by atoms with Gasteiger partial charge in [-0.3, -0.25) is 4.79 Å². The van der Waals surface area contributed by atoms with Crippen molar-refractivity contribution in [1.29, 1.82) is 0 Å². The molecule has 3 aromatic rings. The van der Waals surface area contributed by atoms with Gasteiger partial charge in [-0.05, 0) is 46.8 Å². The van der Waals surface area contributed by atoms with Crippen LogP contribution in [0.25, 0.3) is 22.3 Å². The minimum absolute atomic E-state index is 0.0210. The fourth-order valence-corrected chi connectivity index (χ4v) is 4.42. The number of thiazole rings is 1. The second-order valence-corrected chi connectivity index (χ2v) is 10.4. The summed E-state index contributed by atoms with van der Waals surface area (Å²) in [6.45, 7) is 12.5. The van der Waals surface area contributed by atoms with Crippen molar-refractivity contribution < 1.29 is 19.0 Å². The zero-order chi connectivity index (χ0) is 24.3. The summed E-state index contributed by atoms with van der Waals surface area (Å²) in [5, 5.41) is 7.05. The van der Waals surface area contributed by atoms with Gasteiger partial charge in [0.15, 0.2) is 11.7 Å². The van der Waals surface area contributed by atoms with Crippen LogP contribution in [-0.4, -0.2) is 65.3 Å². The van der Waals surface area contributed by atoms with Gasteiger partial charge in [-0.2, -0.15) is 0 Å². The third-order valence-corrected chi connectivity index (χ3v) is 5.84. The number of anilines is 1. The lowest BCUT2D eigenvalue weighted by Gasteiger charge is -2.26. The number of pyridine rings is 1. The highest BCUT2D eigenvalue weighted by Gasteiger charge is 2.19. The maximum atomic E-state index is 12.5. The molecule has 3 heterocycles. The van der Waals surface area contributed by atoms with Crippen molar-refractivity contribution in [2.24, 2.45) is 0 Å². The van der Waals surface area contributed by atoms with Gasteiger partial charge in [0.1, 0.15) is 22.8 Å². The van der Waals surface area contributed by atoms with Crippen molar-refractivity contribution in [3.63, 3.8) is 0 Å². The number of amides is 1. The van der Waals surface area contributed by atoms with Gasteiger partial charge in [0.05, 0.1) is 24.4 Å². The Hall–Kier alpha value is -2.91. The van der Waals surface area contributed by atoms with E-state index >= 15 is 0 Å². The first-order valence-electron chi connectivity index (χ1n) is 11.5. The number of hydrogen-bond donors (Lipinski definition) is 1. The maximum absolute atomic E-state index is 12.5. The zero-order valence-electron chi connectivity index (χ0n) is 20.4. The summed E-state index contributed by atoms with van der Waals surface area (Å²) in [5.74, 6) is 1.27. The maximum Gasteiger partial charge on any atom is 0.260 e. The quantitative estimate of drug-likeness (QED) is 0.525. The van der Waals surface area contributed by atoms with E-state index in [2.05, 4.69) is 19.2 Å². The number of morpholine rings is 1. The number of benzene rings is 1. The summed E-state index contributed by atoms with van der Waals surface area (Å²) in [4.78, 5) is 23.8. The number of hydrogen-bond acceptors (Lipinski definition) is 8. The Labute approximate surface area is 204 Å². The largest absolute Gasteiger partial charge is 0.487 e. The van der Waals surface area contributed by atoms with E-state index in [1.165, 1.54) is 0 Å². The summed E-state index contributed by atoms with van der Waals surface area (Å²) in [6.07, 6.45) is 0. The van der Waals surface area contributed by atoms with Gasteiger partial charge in [-0.15, -0.1) is 11.3 Å². The predicted octanol–water partition coefficient (Wildman–Crippen LogP) is 4.59. The van der Waals surface area contributed by atoms with E-state index in [4.69, 9.17) is 24.2 Å². The van der Waals surface area contributed by atoms with Crippen LogP contribution < -0.4 is 14.8 Å². The monoisotopic (exact) mass is 484 g/mol. The third kappa shape index (κ3) is 6.15. The number of carbonyl (C=O) groups excluding carboxylic acids is 1. The highest BCUT2D eigenvalue weighted by molar-refractivity contribution is 7.14. The summed E-state index contributed by atoms with van der Waals surface area (Å²) >= 11 is 1.55. The van der Waals surface area contributed by atoms with E-state index < -0.39 is 0 Å². The molecular weight excluding hydrogens is 452 g/mol. The molecule has 2 aromatic heterocycles. The van der Waals surface area contributed by atoms with Crippen LogP contribution in [0, 0.1) is 0 Å². The molecule has 1 aliphatic rings. The molecule has 1 saturated heterocycles. The van der Waals surface area contributed by atoms with E-state index in [1.807, 2.05) is 50.4 Å². The van der Waals surface area contributed by atoms with Crippen molar-refractivity contribution in [3.8, 4) is 22.9 Å². The van der Waals surface area contributed by atoms with Gasteiger partial charge in [0.25, 0.3) is 5.91 Å². The number of rotatable bonds is 7. The molecule has 1 amide bonds. The number of nitrogens with zero attached hydrogens (tertiary/aromatic N) is 3. The van der Waals surface area contributed by atoms with Crippen LogP contribution in [0.1, 0.15) is 34.6 Å². The van der Waals surface area contributed by atoms with Crippen LogP contribution in [0.4, 0.5) is 5.13 Å². The molecule has 0 saturated carbocycles. The van der Waals surface area contributed by atoms with E-state index in [1.54, 1.807) is 16.2 Å². The molecule has 1 N–H and O–H groups in total. The molecule has 0 atom stereocenters. The lowest BCUT2D eigenvalue weighted by molar-refractivity contribution is -0.137. The molecule has 1 aromatic carbocycles. The molecule has 1 aliphatic heterocycles. The van der Waals surface area contributed by atoms with Crippen LogP contribution in [0.15, 0.2) is 29.6 Å². The molecular formula is C25H32N4O4S. The third-order valence-electron chi connectivity index (χ3n) is 5.06. The van der Waals surface area contributed by atoms with E-state index in [-0.39, 0.29) is 18.1 Å². The smallest absolute Gasteiger partial charge is 0.260 e. The minimum Gasteiger partial charge on any atom is -0.487 e. The van der Waals surface area contributed by atoms with Gasteiger partial charge in [0.2, 0.25) is 0 Å². The molecule has 0 bridgehead atoms. The topological polar surface area (TPSA) is 85.8 Å². The Kier molecular flexibility index (Phi) is 7.23. The Bertz CT molecular complexity index is 1150. The lowest BCUT2D eigenvalue weighted by atomic mass is 10.1.